The van der Waals surface area contributed by atoms with Gasteiger partial charge in [0, 0.05) is 12.0 Å². The lowest BCUT2D eigenvalue weighted by Crippen LogP contribution is -2.29. The molecule has 4 nitrogen and oxygen atoms in total. The van der Waals surface area contributed by atoms with E-state index in [-0.39, 0.29) is 23.3 Å². The summed E-state index contributed by atoms with van der Waals surface area (Å²) < 4.78 is 10.6. The molecule has 2 aromatic rings. The fraction of sp³-hybridized carbons (Fsp3) is 0.381. The molecule has 4 heteroatoms. The van der Waals surface area contributed by atoms with Crippen LogP contribution in [0.25, 0.3) is 0 Å². The third kappa shape index (κ3) is 3.21. The van der Waals surface area contributed by atoms with Gasteiger partial charge in [-0.05, 0) is 42.2 Å². The summed E-state index contributed by atoms with van der Waals surface area (Å²) in [5, 5.41) is 3.19. The molecule has 2 aromatic carbocycles. The highest BCUT2D eigenvalue weighted by Crippen LogP contribution is 2.58. The van der Waals surface area contributed by atoms with Crippen molar-refractivity contribution >= 4 is 5.91 Å². The SMILES string of the molecule is COc1ccc([C@H]2C(NC(=O)c3cc(C)ccc3OC)C2(C)C)cc1. The standard InChI is InChI=1S/C21H25NO3/c1-13-6-11-17(25-5)16(12-13)20(23)22-19-18(21(19,2)3)14-7-9-15(24-4)10-8-14/h6-12,18-19H,1-5H3,(H,22,23)/t18-,19?/m0/s1. The highest BCUT2D eigenvalue weighted by atomic mass is 16.5. The third-order valence-electron chi connectivity index (χ3n) is 5.19. The summed E-state index contributed by atoms with van der Waals surface area (Å²) in [5.41, 5.74) is 2.85. The van der Waals surface area contributed by atoms with E-state index in [2.05, 4.69) is 31.3 Å². The lowest BCUT2D eigenvalue weighted by Gasteiger charge is -2.11. The van der Waals surface area contributed by atoms with Crippen molar-refractivity contribution < 1.29 is 14.3 Å². The first-order chi connectivity index (χ1) is 11.9. The first-order valence-electron chi connectivity index (χ1n) is 8.48. The molecule has 1 fully saturated rings. The maximum atomic E-state index is 12.8. The second kappa shape index (κ2) is 6.43. The maximum Gasteiger partial charge on any atom is 0.255 e. The highest BCUT2D eigenvalue weighted by Gasteiger charge is 2.59. The van der Waals surface area contributed by atoms with Crippen LogP contribution in [0.2, 0.25) is 0 Å². The number of amides is 1. The Morgan fingerprint density at radius 2 is 1.72 bits per heavy atom. The highest BCUT2D eigenvalue weighted by molar-refractivity contribution is 5.97. The summed E-state index contributed by atoms with van der Waals surface area (Å²) >= 11 is 0. The first kappa shape index (κ1) is 17.3. The van der Waals surface area contributed by atoms with Crippen molar-refractivity contribution in [3.63, 3.8) is 0 Å². The molecule has 0 aromatic heterocycles. The molecule has 0 bridgehead atoms. The van der Waals surface area contributed by atoms with E-state index in [4.69, 9.17) is 9.47 Å². The fourth-order valence-corrected chi connectivity index (χ4v) is 3.56. The normalized spacial score (nSPS) is 20.7. The Bertz CT molecular complexity index is 780. The van der Waals surface area contributed by atoms with Crippen LogP contribution in [0, 0.1) is 12.3 Å². The minimum absolute atomic E-state index is 0.0152. The summed E-state index contributed by atoms with van der Waals surface area (Å²) in [4.78, 5) is 12.8. The number of aryl methyl sites for hydroxylation is 1. The van der Waals surface area contributed by atoms with E-state index in [9.17, 15) is 4.79 Å². The number of hydrogen-bond donors (Lipinski definition) is 1. The number of rotatable bonds is 5. The third-order valence-corrected chi connectivity index (χ3v) is 5.19. The molecular formula is C21H25NO3. The van der Waals surface area contributed by atoms with Gasteiger partial charge in [-0.3, -0.25) is 4.79 Å². The topological polar surface area (TPSA) is 47.6 Å². The number of ether oxygens (including phenoxy) is 2. The summed E-state index contributed by atoms with van der Waals surface area (Å²) in [6.45, 7) is 6.33. The number of nitrogens with one attached hydrogen (secondary N) is 1. The van der Waals surface area contributed by atoms with E-state index < -0.39 is 0 Å². The van der Waals surface area contributed by atoms with Gasteiger partial charge in [-0.25, -0.2) is 0 Å². The van der Waals surface area contributed by atoms with Crippen LogP contribution in [0.4, 0.5) is 0 Å². The molecule has 1 amide bonds. The second-order valence-corrected chi connectivity index (χ2v) is 7.23. The van der Waals surface area contributed by atoms with Crippen LogP contribution in [0.3, 0.4) is 0 Å². The van der Waals surface area contributed by atoms with Gasteiger partial charge in [-0.2, -0.15) is 0 Å². The molecule has 25 heavy (non-hydrogen) atoms. The Morgan fingerprint density at radius 3 is 2.32 bits per heavy atom. The van der Waals surface area contributed by atoms with Crippen LogP contribution in [0.5, 0.6) is 11.5 Å². The fourth-order valence-electron chi connectivity index (χ4n) is 3.56. The zero-order valence-electron chi connectivity index (χ0n) is 15.4. The van der Waals surface area contributed by atoms with Crippen molar-refractivity contribution in [1.29, 1.82) is 0 Å². The lowest BCUT2D eigenvalue weighted by molar-refractivity contribution is 0.0943. The summed E-state index contributed by atoms with van der Waals surface area (Å²) in [6, 6.07) is 13.8. The minimum Gasteiger partial charge on any atom is -0.497 e. The number of methoxy groups -OCH3 is 2. The van der Waals surface area contributed by atoms with Gasteiger partial charge in [0.1, 0.15) is 11.5 Å². The Kier molecular flexibility index (Phi) is 4.46. The summed E-state index contributed by atoms with van der Waals surface area (Å²) in [6.07, 6.45) is 0. The Hall–Kier alpha value is -2.49. The maximum absolute atomic E-state index is 12.8. The molecule has 1 aliphatic carbocycles. The van der Waals surface area contributed by atoms with E-state index in [1.54, 1.807) is 14.2 Å². The van der Waals surface area contributed by atoms with Crippen molar-refractivity contribution in [2.45, 2.75) is 32.7 Å². The molecule has 1 aliphatic rings. The zero-order chi connectivity index (χ0) is 18.2. The van der Waals surface area contributed by atoms with Crippen LogP contribution in [-0.4, -0.2) is 26.2 Å². The van der Waals surface area contributed by atoms with Crippen molar-refractivity contribution in [3.05, 3.63) is 59.2 Å². The molecule has 0 aliphatic heterocycles. The van der Waals surface area contributed by atoms with Gasteiger partial charge < -0.3 is 14.8 Å². The molecule has 0 heterocycles. The van der Waals surface area contributed by atoms with Crippen molar-refractivity contribution in [2.75, 3.05) is 14.2 Å². The molecule has 3 rings (SSSR count). The molecule has 132 valence electrons. The Labute approximate surface area is 149 Å². The van der Waals surface area contributed by atoms with Gasteiger partial charge in [0.15, 0.2) is 0 Å². The van der Waals surface area contributed by atoms with Crippen LogP contribution >= 0.6 is 0 Å². The van der Waals surface area contributed by atoms with Crippen LogP contribution < -0.4 is 14.8 Å². The molecule has 0 spiro atoms. The van der Waals surface area contributed by atoms with Gasteiger partial charge in [0.2, 0.25) is 0 Å². The van der Waals surface area contributed by atoms with E-state index >= 15 is 0 Å². The van der Waals surface area contributed by atoms with Gasteiger partial charge in [-0.1, -0.05) is 37.6 Å². The molecule has 0 saturated heterocycles. The molecule has 2 atom stereocenters. The zero-order valence-corrected chi connectivity index (χ0v) is 15.4. The predicted molar refractivity (Wildman–Crippen MR) is 98.5 cm³/mol. The van der Waals surface area contributed by atoms with E-state index in [1.807, 2.05) is 37.3 Å². The molecule has 1 N–H and O–H groups in total. The molecule has 0 radical (unpaired) electrons. The van der Waals surface area contributed by atoms with Crippen molar-refractivity contribution in [2.24, 2.45) is 5.41 Å². The van der Waals surface area contributed by atoms with E-state index in [0.29, 0.717) is 11.3 Å². The number of hydrogen-bond acceptors (Lipinski definition) is 3. The monoisotopic (exact) mass is 339 g/mol. The average Bonchev–Trinajstić information content (AvgIpc) is 3.15. The smallest absolute Gasteiger partial charge is 0.255 e. The summed E-state index contributed by atoms with van der Waals surface area (Å²) in [7, 11) is 3.25. The van der Waals surface area contributed by atoms with Crippen LogP contribution in [-0.2, 0) is 0 Å². The van der Waals surface area contributed by atoms with Crippen molar-refractivity contribution in [1.82, 2.24) is 5.32 Å². The predicted octanol–water partition coefficient (Wildman–Crippen LogP) is 3.93. The molecular weight excluding hydrogens is 314 g/mol. The van der Waals surface area contributed by atoms with Gasteiger partial charge in [-0.15, -0.1) is 0 Å². The number of carbonyl (C=O) groups is 1. The average molecular weight is 339 g/mol. The second-order valence-electron chi connectivity index (χ2n) is 7.23. The quantitative estimate of drug-likeness (QED) is 0.898. The van der Waals surface area contributed by atoms with Crippen molar-refractivity contribution in [3.8, 4) is 11.5 Å². The Morgan fingerprint density at radius 1 is 1.04 bits per heavy atom. The van der Waals surface area contributed by atoms with Crippen LogP contribution in [0.15, 0.2) is 42.5 Å². The van der Waals surface area contributed by atoms with Gasteiger partial charge >= 0.3 is 0 Å². The molecule has 1 unspecified atom stereocenters. The van der Waals surface area contributed by atoms with Gasteiger partial charge in [0.05, 0.1) is 19.8 Å². The Balaban J connectivity index is 1.78. The van der Waals surface area contributed by atoms with E-state index in [1.165, 1.54) is 5.56 Å². The van der Waals surface area contributed by atoms with Gasteiger partial charge in [0.25, 0.3) is 5.91 Å². The van der Waals surface area contributed by atoms with E-state index in [0.717, 1.165) is 11.3 Å². The lowest BCUT2D eigenvalue weighted by atomic mass is 10.0. The summed E-state index contributed by atoms with van der Waals surface area (Å²) in [5.74, 6) is 1.64. The minimum atomic E-state index is -0.0883. The first-order valence-corrected chi connectivity index (χ1v) is 8.48. The van der Waals surface area contributed by atoms with Crippen LogP contribution in [0.1, 0.15) is 41.3 Å². The number of carbonyl (C=O) groups excluding carboxylic acids is 1. The largest absolute Gasteiger partial charge is 0.497 e. The molecule has 1 saturated carbocycles. The number of benzene rings is 2.